The van der Waals surface area contributed by atoms with Crippen LogP contribution < -0.4 is 5.32 Å². The summed E-state index contributed by atoms with van der Waals surface area (Å²) in [4.78, 5) is 0. The van der Waals surface area contributed by atoms with Crippen LogP contribution in [0.4, 0.5) is 5.82 Å². The van der Waals surface area contributed by atoms with Crippen molar-refractivity contribution in [3.05, 3.63) is 40.5 Å². The smallest absolute Gasteiger partial charge is 0.133 e. The molecule has 0 spiro atoms. The van der Waals surface area contributed by atoms with Gasteiger partial charge in [-0.15, -0.1) is 0 Å². The molecular formula is C17H20ClN3. The summed E-state index contributed by atoms with van der Waals surface area (Å²) in [5, 5.41) is 9.33. The number of hydrogen-bond acceptors (Lipinski definition) is 2. The first-order chi connectivity index (χ1) is 10.3. The molecular weight excluding hydrogens is 282 g/mol. The van der Waals surface area contributed by atoms with Gasteiger partial charge in [0.25, 0.3) is 0 Å². The highest BCUT2D eigenvalue weighted by Gasteiger charge is 2.29. The maximum absolute atomic E-state index is 6.01. The minimum absolute atomic E-state index is 0.673. The molecule has 0 atom stereocenters. The van der Waals surface area contributed by atoms with E-state index in [2.05, 4.69) is 10.00 Å². The van der Waals surface area contributed by atoms with Crippen molar-refractivity contribution in [1.29, 1.82) is 0 Å². The lowest BCUT2D eigenvalue weighted by molar-refractivity contribution is 0.406. The quantitative estimate of drug-likeness (QED) is 0.882. The first-order valence-corrected chi connectivity index (χ1v) is 8.32. The van der Waals surface area contributed by atoms with E-state index < -0.39 is 0 Å². The van der Waals surface area contributed by atoms with Crippen molar-refractivity contribution in [3.8, 4) is 5.69 Å². The Kier molecular flexibility index (Phi) is 3.38. The summed E-state index contributed by atoms with van der Waals surface area (Å²) in [5.74, 6) is 1.88. The second kappa shape index (κ2) is 5.38. The zero-order chi connectivity index (χ0) is 14.2. The number of nitrogens with zero attached hydrogens (tertiary/aromatic N) is 2. The van der Waals surface area contributed by atoms with Crippen LogP contribution in [0.3, 0.4) is 0 Å². The minimum Gasteiger partial charge on any atom is -0.370 e. The van der Waals surface area contributed by atoms with Gasteiger partial charge in [0.05, 0.1) is 11.4 Å². The number of hydrogen-bond donors (Lipinski definition) is 1. The van der Waals surface area contributed by atoms with Crippen molar-refractivity contribution in [2.75, 3.05) is 11.9 Å². The van der Waals surface area contributed by atoms with Crippen molar-refractivity contribution >= 4 is 17.4 Å². The molecule has 0 saturated heterocycles. The Morgan fingerprint density at radius 2 is 1.90 bits per heavy atom. The van der Waals surface area contributed by atoms with Crippen molar-refractivity contribution in [1.82, 2.24) is 9.78 Å². The van der Waals surface area contributed by atoms with Gasteiger partial charge in [0, 0.05) is 23.0 Å². The summed E-state index contributed by atoms with van der Waals surface area (Å²) < 4.78 is 2.09. The molecule has 0 radical (unpaired) electrons. The van der Waals surface area contributed by atoms with E-state index in [0.717, 1.165) is 23.7 Å². The summed E-state index contributed by atoms with van der Waals surface area (Å²) in [7, 11) is 0. The van der Waals surface area contributed by atoms with Crippen molar-refractivity contribution in [3.63, 3.8) is 0 Å². The molecule has 0 unspecified atom stereocenters. The highest BCUT2D eigenvalue weighted by Crippen LogP contribution is 2.41. The van der Waals surface area contributed by atoms with E-state index in [9.17, 15) is 0 Å². The highest BCUT2D eigenvalue weighted by atomic mass is 35.5. The number of fused-ring (bicyclic) bond motifs is 1. The fourth-order valence-electron chi connectivity index (χ4n) is 3.31. The average molecular weight is 302 g/mol. The standard InChI is InChI=1S/C17H20ClN3/c18-13-7-9-14(10-8-13)21-17-15(6-1-2-11-19-17)16(20-21)12-4-3-5-12/h7-10,12,19H,1-6,11H2. The summed E-state index contributed by atoms with van der Waals surface area (Å²) in [5.41, 5.74) is 3.88. The van der Waals surface area contributed by atoms with Gasteiger partial charge in [-0.05, 0) is 56.4 Å². The Morgan fingerprint density at radius 1 is 1.10 bits per heavy atom. The van der Waals surface area contributed by atoms with Gasteiger partial charge < -0.3 is 5.32 Å². The lowest BCUT2D eigenvalue weighted by Gasteiger charge is -2.24. The Balaban J connectivity index is 1.82. The van der Waals surface area contributed by atoms with Crippen molar-refractivity contribution in [2.45, 2.75) is 44.4 Å². The molecule has 1 N–H and O–H groups in total. The van der Waals surface area contributed by atoms with E-state index in [4.69, 9.17) is 16.7 Å². The molecule has 110 valence electrons. The van der Waals surface area contributed by atoms with Gasteiger partial charge >= 0.3 is 0 Å². The normalized spacial score (nSPS) is 18.5. The van der Waals surface area contributed by atoms with E-state index in [1.54, 1.807) is 0 Å². The van der Waals surface area contributed by atoms with Crippen molar-refractivity contribution < 1.29 is 0 Å². The van der Waals surface area contributed by atoms with Crippen LogP contribution in [0.2, 0.25) is 5.02 Å². The average Bonchev–Trinajstić information content (AvgIpc) is 2.63. The molecule has 3 nitrogen and oxygen atoms in total. The molecule has 4 rings (SSSR count). The molecule has 2 aromatic rings. The third-order valence-corrected chi connectivity index (χ3v) is 4.98. The zero-order valence-corrected chi connectivity index (χ0v) is 12.9. The van der Waals surface area contributed by atoms with E-state index in [0.29, 0.717) is 5.92 Å². The van der Waals surface area contributed by atoms with Crippen LogP contribution in [0, 0.1) is 0 Å². The monoisotopic (exact) mass is 301 g/mol. The van der Waals surface area contributed by atoms with Crippen LogP contribution in [0.1, 0.15) is 49.3 Å². The molecule has 1 aromatic carbocycles. The van der Waals surface area contributed by atoms with Crippen LogP contribution in [-0.4, -0.2) is 16.3 Å². The maximum Gasteiger partial charge on any atom is 0.133 e. The van der Waals surface area contributed by atoms with Gasteiger partial charge in [0.1, 0.15) is 5.82 Å². The summed E-state index contributed by atoms with van der Waals surface area (Å²) in [6.45, 7) is 1.04. The van der Waals surface area contributed by atoms with Gasteiger partial charge in [-0.1, -0.05) is 18.0 Å². The Labute approximate surface area is 130 Å². The lowest BCUT2D eigenvalue weighted by atomic mass is 9.81. The van der Waals surface area contributed by atoms with E-state index in [1.807, 2.05) is 24.3 Å². The molecule has 1 aliphatic carbocycles. The first-order valence-electron chi connectivity index (χ1n) is 7.94. The number of rotatable bonds is 2. The van der Waals surface area contributed by atoms with Gasteiger partial charge in [0.2, 0.25) is 0 Å². The fraction of sp³-hybridized carbons (Fsp3) is 0.471. The molecule has 1 aliphatic heterocycles. The molecule has 1 aromatic heterocycles. The SMILES string of the molecule is Clc1ccc(-n2nc(C3CCC3)c3c2NCCCC3)cc1. The number of anilines is 1. The van der Waals surface area contributed by atoms with E-state index in [-0.39, 0.29) is 0 Å². The van der Waals surface area contributed by atoms with Gasteiger partial charge in [-0.2, -0.15) is 5.10 Å². The molecule has 1 fully saturated rings. The largest absolute Gasteiger partial charge is 0.370 e. The molecule has 0 amide bonds. The van der Waals surface area contributed by atoms with Crippen LogP contribution in [0.25, 0.3) is 5.69 Å². The summed E-state index contributed by atoms with van der Waals surface area (Å²) >= 11 is 6.01. The second-order valence-corrected chi connectivity index (χ2v) is 6.55. The van der Waals surface area contributed by atoms with Crippen LogP contribution in [0.15, 0.2) is 24.3 Å². The molecule has 4 heteroatoms. The van der Waals surface area contributed by atoms with Gasteiger partial charge in [0.15, 0.2) is 0 Å². The van der Waals surface area contributed by atoms with E-state index >= 15 is 0 Å². The molecule has 0 bridgehead atoms. The van der Waals surface area contributed by atoms with Crippen molar-refractivity contribution in [2.24, 2.45) is 0 Å². The Bertz CT molecular complexity index is 641. The summed E-state index contributed by atoms with van der Waals surface area (Å²) in [6, 6.07) is 7.97. The third kappa shape index (κ3) is 2.34. The van der Waals surface area contributed by atoms with Gasteiger partial charge in [-0.3, -0.25) is 0 Å². The molecule has 21 heavy (non-hydrogen) atoms. The number of nitrogens with one attached hydrogen (secondary N) is 1. The van der Waals surface area contributed by atoms with E-state index in [1.165, 1.54) is 49.2 Å². The molecule has 1 saturated carbocycles. The number of aromatic nitrogens is 2. The number of benzene rings is 1. The second-order valence-electron chi connectivity index (χ2n) is 6.11. The third-order valence-electron chi connectivity index (χ3n) is 4.72. The number of halogens is 1. The minimum atomic E-state index is 0.673. The fourth-order valence-corrected chi connectivity index (χ4v) is 3.43. The Hall–Kier alpha value is -1.48. The predicted molar refractivity (Wildman–Crippen MR) is 86.6 cm³/mol. The predicted octanol–water partition coefficient (Wildman–Crippen LogP) is 4.54. The van der Waals surface area contributed by atoms with Crippen LogP contribution >= 0.6 is 11.6 Å². The molecule has 2 heterocycles. The zero-order valence-electron chi connectivity index (χ0n) is 12.1. The van der Waals surface area contributed by atoms with Gasteiger partial charge in [-0.25, -0.2) is 4.68 Å². The molecule has 2 aliphatic rings. The first kappa shape index (κ1) is 13.2. The highest BCUT2D eigenvalue weighted by molar-refractivity contribution is 6.30. The van der Waals surface area contributed by atoms with Crippen LogP contribution in [0.5, 0.6) is 0 Å². The lowest BCUT2D eigenvalue weighted by Crippen LogP contribution is -2.11. The Morgan fingerprint density at radius 3 is 2.62 bits per heavy atom. The van der Waals surface area contributed by atoms with Crippen LogP contribution in [-0.2, 0) is 6.42 Å². The topological polar surface area (TPSA) is 29.9 Å². The maximum atomic E-state index is 6.01. The summed E-state index contributed by atoms with van der Waals surface area (Å²) in [6.07, 6.45) is 7.59.